The molecule has 0 bridgehead atoms. The van der Waals surface area contributed by atoms with E-state index < -0.39 is 10.0 Å². The van der Waals surface area contributed by atoms with E-state index in [2.05, 4.69) is 6.92 Å². The first-order valence-corrected chi connectivity index (χ1v) is 7.46. The molecule has 1 fully saturated rings. The molecular weight excluding hydrogens is 210 g/mol. The van der Waals surface area contributed by atoms with Crippen molar-refractivity contribution in [1.82, 2.24) is 4.31 Å². The van der Waals surface area contributed by atoms with E-state index in [-0.39, 0.29) is 0 Å². The molecule has 90 valence electrons. The largest absolute Gasteiger partial charge is 0.213 e. The lowest BCUT2D eigenvalue weighted by molar-refractivity contribution is 0.283. The molecule has 1 saturated carbocycles. The highest BCUT2D eigenvalue weighted by atomic mass is 32.2. The third-order valence-corrected chi connectivity index (χ3v) is 5.55. The molecule has 0 aromatic carbocycles. The van der Waals surface area contributed by atoms with Gasteiger partial charge in [-0.05, 0) is 24.7 Å². The fourth-order valence-electron chi connectivity index (χ4n) is 2.25. The summed E-state index contributed by atoms with van der Waals surface area (Å²) in [5, 5.41) is 0. The Bertz CT molecular complexity index is 277. The molecule has 0 aliphatic heterocycles. The minimum Gasteiger partial charge on any atom is -0.212 e. The fourth-order valence-corrected chi connectivity index (χ4v) is 3.48. The van der Waals surface area contributed by atoms with E-state index in [0.717, 1.165) is 18.8 Å². The molecule has 0 aromatic heterocycles. The fraction of sp³-hybridized carbons (Fsp3) is 1.00. The van der Waals surface area contributed by atoms with Crippen LogP contribution in [0, 0.1) is 11.8 Å². The number of hydrogen-bond acceptors (Lipinski definition) is 2. The van der Waals surface area contributed by atoms with Crippen LogP contribution in [0.25, 0.3) is 0 Å². The van der Waals surface area contributed by atoms with Gasteiger partial charge in [0.15, 0.2) is 0 Å². The summed E-state index contributed by atoms with van der Waals surface area (Å²) in [4.78, 5) is 0. The Hall–Kier alpha value is -0.0900. The van der Waals surface area contributed by atoms with Crippen LogP contribution in [0.2, 0.25) is 0 Å². The van der Waals surface area contributed by atoms with E-state index >= 15 is 0 Å². The standard InChI is InChI=1S/C11H23NO2S/c1-4-10-5-7-11(8-6-10)9-15(13,14)12(2)3/h10-11H,4-9H2,1-3H3. The zero-order valence-electron chi connectivity index (χ0n) is 10.1. The molecular formula is C11H23NO2S. The minimum absolute atomic E-state index is 0.344. The molecule has 3 nitrogen and oxygen atoms in total. The van der Waals surface area contributed by atoms with Crippen molar-refractivity contribution in [1.29, 1.82) is 0 Å². The van der Waals surface area contributed by atoms with Gasteiger partial charge in [0.1, 0.15) is 0 Å². The molecule has 0 amide bonds. The molecule has 0 N–H and O–H groups in total. The van der Waals surface area contributed by atoms with E-state index in [0.29, 0.717) is 11.7 Å². The van der Waals surface area contributed by atoms with Crippen molar-refractivity contribution in [3.63, 3.8) is 0 Å². The SMILES string of the molecule is CCC1CCC(CS(=O)(=O)N(C)C)CC1. The quantitative estimate of drug-likeness (QED) is 0.745. The van der Waals surface area contributed by atoms with Gasteiger partial charge >= 0.3 is 0 Å². The van der Waals surface area contributed by atoms with Crippen LogP contribution < -0.4 is 0 Å². The third-order valence-electron chi connectivity index (χ3n) is 3.55. The van der Waals surface area contributed by atoms with Crippen LogP contribution in [-0.4, -0.2) is 32.6 Å². The Labute approximate surface area is 93.9 Å². The average Bonchev–Trinajstić information content (AvgIpc) is 2.18. The maximum atomic E-state index is 11.7. The van der Waals surface area contributed by atoms with Gasteiger partial charge in [-0.3, -0.25) is 0 Å². The lowest BCUT2D eigenvalue weighted by Gasteiger charge is -2.28. The highest BCUT2D eigenvalue weighted by Gasteiger charge is 2.25. The van der Waals surface area contributed by atoms with Crippen molar-refractivity contribution >= 4 is 10.0 Å². The Kier molecular flexibility index (Phi) is 4.59. The molecule has 1 rings (SSSR count). The first kappa shape index (κ1) is 13.0. The Morgan fingerprint density at radius 2 is 1.53 bits per heavy atom. The molecule has 4 heteroatoms. The van der Waals surface area contributed by atoms with Crippen LogP contribution in [0.1, 0.15) is 39.0 Å². The van der Waals surface area contributed by atoms with Gasteiger partial charge in [0.2, 0.25) is 10.0 Å². The summed E-state index contributed by atoms with van der Waals surface area (Å²) >= 11 is 0. The van der Waals surface area contributed by atoms with E-state index in [1.807, 2.05) is 0 Å². The van der Waals surface area contributed by atoms with Gasteiger partial charge in [-0.25, -0.2) is 12.7 Å². The molecule has 0 spiro atoms. The molecule has 0 unspecified atom stereocenters. The molecule has 15 heavy (non-hydrogen) atoms. The maximum Gasteiger partial charge on any atom is 0.213 e. The van der Waals surface area contributed by atoms with Crippen LogP contribution >= 0.6 is 0 Å². The number of nitrogens with zero attached hydrogens (tertiary/aromatic N) is 1. The second kappa shape index (κ2) is 5.30. The van der Waals surface area contributed by atoms with Crippen molar-refractivity contribution in [3.8, 4) is 0 Å². The highest BCUT2D eigenvalue weighted by molar-refractivity contribution is 7.89. The second-order valence-electron chi connectivity index (χ2n) is 4.86. The smallest absolute Gasteiger partial charge is 0.212 e. The second-order valence-corrected chi connectivity index (χ2v) is 7.08. The summed E-state index contributed by atoms with van der Waals surface area (Å²) in [6.07, 6.45) is 5.85. The summed E-state index contributed by atoms with van der Waals surface area (Å²) in [7, 11) is 0.247. The lowest BCUT2D eigenvalue weighted by Crippen LogP contribution is -2.30. The minimum atomic E-state index is -2.99. The van der Waals surface area contributed by atoms with Gasteiger partial charge in [0.25, 0.3) is 0 Å². The van der Waals surface area contributed by atoms with Gasteiger partial charge < -0.3 is 0 Å². The summed E-state index contributed by atoms with van der Waals surface area (Å²) < 4.78 is 24.7. The van der Waals surface area contributed by atoms with Crippen LogP contribution in [0.4, 0.5) is 0 Å². The molecule has 0 heterocycles. The first-order valence-electron chi connectivity index (χ1n) is 5.86. The summed E-state index contributed by atoms with van der Waals surface area (Å²) in [6, 6.07) is 0. The summed E-state index contributed by atoms with van der Waals surface area (Å²) in [5.41, 5.74) is 0. The predicted molar refractivity (Wildman–Crippen MR) is 63.2 cm³/mol. The van der Waals surface area contributed by atoms with Crippen LogP contribution in [-0.2, 0) is 10.0 Å². The number of sulfonamides is 1. The molecule has 1 aliphatic rings. The third kappa shape index (κ3) is 3.76. The Morgan fingerprint density at radius 1 is 1.07 bits per heavy atom. The first-order chi connectivity index (χ1) is 6.95. The molecule has 0 radical (unpaired) electrons. The van der Waals surface area contributed by atoms with Crippen molar-refractivity contribution in [2.45, 2.75) is 39.0 Å². The van der Waals surface area contributed by atoms with Crippen molar-refractivity contribution in [2.24, 2.45) is 11.8 Å². The Balaban J connectivity index is 2.42. The number of rotatable bonds is 4. The van der Waals surface area contributed by atoms with Gasteiger partial charge in [0.05, 0.1) is 5.75 Å². The van der Waals surface area contributed by atoms with Crippen molar-refractivity contribution < 1.29 is 8.42 Å². The van der Waals surface area contributed by atoms with E-state index in [1.165, 1.54) is 23.6 Å². The van der Waals surface area contributed by atoms with Crippen LogP contribution in [0.5, 0.6) is 0 Å². The topological polar surface area (TPSA) is 37.4 Å². The van der Waals surface area contributed by atoms with E-state index in [4.69, 9.17) is 0 Å². The van der Waals surface area contributed by atoms with Crippen molar-refractivity contribution in [3.05, 3.63) is 0 Å². The summed E-state index contributed by atoms with van der Waals surface area (Å²) in [6.45, 7) is 2.22. The average molecular weight is 233 g/mol. The maximum absolute atomic E-state index is 11.7. The molecule has 1 aliphatic carbocycles. The zero-order chi connectivity index (χ0) is 11.5. The molecule has 0 aromatic rings. The van der Waals surface area contributed by atoms with E-state index in [9.17, 15) is 8.42 Å². The van der Waals surface area contributed by atoms with Gasteiger partial charge in [0, 0.05) is 14.1 Å². The van der Waals surface area contributed by atoms with Gasteiger partial charge in [-0.15, -0.1) is 0 Å². The van der Waals surface area contributed by atoms with Gasteiger partial charge in [-0.1, -0.05) is 26.2 Å². The normalized spacial score (nSPS) is 28.3. The molecule has 0 saturated heterocycles. The van der Waals surface area contributed by atoms with Crippen LogP contribution in [0.3, 0.4) is 0 Å². The van der Waals surface area contributed by atoms with Crippen LogP contribution in [0.15, 0.2) is 0 Å². The monoisotopic (exact) mass is 233 g/mol. The lowest BCUT2D eigenvalue weighted by atomic mass is 9.82. The van der Waals surface area contributed by atoms with Crippen molar-refractivity contribution in [2.75, 3.05) is 19.8 Å². The van der Waals surface area contributed by atoms with E-state index in [1.54, 1.807) is 14.1 Å². The zero-order valence-corrected chi connectivity index (χ0v) is 10.9. The molecule has 0 atom stereocenters. The van der Waals surface area contributed by atoms with Gasteiger partial charge in [-0.2, -0.15) is 0 Å². The Morgan fingerprint density at radius 3 is 1.93 bits per heavy atom. The number of hydrogen-bond donors (Lipinski definition) is 0. The highest BCUT2D eigenvalue weighted by Crippen LogP contribution is 2.31. The predicted octanol–water partition coefficient (Wildman–Crippen LogP) is 2.09. The summed E-state index contributed by atoms with van der Waals surface area (Å²) in [5.74, 6) is 1.57.